The fraction of sp³-hybridized carbons (Fsp3) is 0.603. The number of halogens is 9. The Morgan fingerprint density at radius 3 is 1.33 bits per heavy atom. The fourth-order valence-electron chi connectivity index (χ4n) is 15.3. The molecule has 2 saturated heterocycles. The standard InChI is InChI=1S/C68H83F9N18O7S/c1-39(24-66(69,70)71)84-63-78-30-58-52(45-27-81-90(33-45)18-20-103(4,96)97)21-55(93(58)87-63)43-7-13-50(14-8-43)101-102-51-15-9-44(10-16-51)57-23-54(60-32-80-65(89-95(57)60)86-41(3)26-68(75,76)77)47-29-83-92(35-47)61-37-99-38-62(61)100-49-11-5-42(6-12-49)56-22-53(46-28-82-91(34-46)48-17-19-98-36-48)59-31-79-64(88-94(56)59)85-40(2)25-67(72,73)74/h21-23,27-35,39-44,48-51,61-62H,5-20,24-26,36-38H2,1-4H3,(H,84,87)(H,85,88)(H,86,89)/t39-,40-,41-,42?,43?,44?,48-,49?,50?,51?,61-,62?/m0/s1. The number of hydrogen-bond acceptors (Lipinski definition) is 19. The molecule has 103 heavy (non-hydrogen) atoms. The molecule has 35 heteroatoms. The molecule has 0 aromatic carbocycles. The van der Waals surface area contributed by atoms with E-state index in [9.17, 15) is 47.9 Å². The van der Waals surface area contributed by atoms with Crippen molar-refractivity contribution in [1.29, 1.82) is 0 Å². The van der Waals surface area contributed by atoms with Gasteiger partial charge in [0.05, 0.1) is 129 Å². The Morgan fingerprint density at radius 2 is 0.913 bits per heavy atom. The van der Waals surface area contributed by atoms with E-state index < -0.39 is 65.8 Å². The molecule has 9 aromatic heterocycles. The summed E-state index contributed by atoms with van der Waals surface area (Å²) in [5.41, 5.74) is 9.29. The minimum Gasteiger partial charge on any atom is -0.379 e. The van der Waals surface area contributed by atoms with Gasteiger partial charge in [-0.3, -0.25) is 14.0 Å². The van der Waals surface area contributed by atoms with E-state index in [1.54, 1.807) is 50.9 Å². The monoisotopic (exact) mass is 1470 g/mol. The van der Waals surface area contributed by atoms with Crippen LogP contribution >= 0.6 is 0 Å². The normalized spacial score (nSPS) is 24.2. The van der Waals surface area contributed by atoms with Gasteiger partial charge in [0.2, 0.25) is 17.8 Å². The lowest BCUT2D eigenvalue weighted by molar-refractivity contribution is -0.358. The van der Waals surface area contributed by atoms with Crippen LogP contribution in [0.2, 0.25) is 0 Å². The molecule has 0 spiro atoms. The molecule has 14 rings (SSSR count). The average Bonchev–Trinajstić information content (AvgIpc) is 1.63. The van der Waals surface area contributed by atoms with Crippen molar-refractivity contribution < 1.29 is 71.9 Å². The maximum Gasteiger partial charge on any atom is 0.391 e. The van der Waals surface area contributed by atoms with Gasteiger partial charge in [0.15, 0.2) is 0 Å². The number of ether oxygens (including phenoxy) is 3. The van der Waals surface area contributed by atoms with Crippen molar-refractivity contribution in [2.24, 2.45) is 0 Å². The van der Waals surface area contributed by atoms with Gasteiger partial charge in [-0.1, -0.05) is 0 Å². The predicted molar refractivity (Wildman–Crippen MR) is 360 cm³/mol. The Bertz CT molecular complexity index is 4520. The zero-order valence-corrected chi connectivity index (χ0v) is 58.1. The maximum absolute atomic E-state index is 13.6. The van der Waals surface area contributed by atoms with Crippen molar-refractivity contribution in [3.63, 3.8) is 0 Å². The van der Waals surface area contributed by atoms with Crippen LogP contribution in [0, 0.1) is 0 Å². The molecule has 556 valence electrons. The van der Waals surface area contributed by atoms with Crippen LogP contribution in [0.3, 0.4) is 0 Å². The lowest BCUT2D eigenvalue weighted by Crippen LogP contribution is -2.32. The van der Waals surface area contributed by atoms with Gasteiger partial charge in [-0.2, -0.15) is 54.8 Å². The highest BCUT2D eigenvalue weighted by molar-refractivity contribution is 7.90. The van der Waals surface area contributed by atoms with E-state index in [2.05, 4.69) is 53.2 Å². The van der Waals surface area contributed by atoms with Crippen molar-refractivity contribution in [2.45, 2.75) is 221 Å². The second kappa shape index (κ2) is 29.5. The summed E-state index contributed by atoms with van der Waals surface area (Å²) < 4.78 is 174. The highest BCUT2D eigenvalue weighted by atomic mass is 32.2. The molecular formula is C68H83F9N18O7S. The van der Waals surface area contributed by atoms with E-state index in [4.69, 9.17) is 44.4 Å². The Hall–Kier alpha value is -7.99. The average molecular weight is 1470 g/mol. The van der Waals surface area contributed by atoms with Gasteiger partial charge in [0.1, 0.15) is 22.0 Å². The van der Waals surface area contributed by atoms with Crippen molar-refractivity contribution in [1.82, 2.24) is 73.1 Å². The molecule has 25 nitrogen and oxygen atoms in total. The molecule has 1 unspecified atom stereocenters. The smallest absolute Gasteiger partial charge is 0.379 e. The number of alkyl halides is 9. The first-order chi connectivity index (χ1) is 49.1. The Balaban J connectivity index is 0.626. The van der Waals surface area contributed by atoms with Gasteiger partial charge in [-0.05, 0) is 122 Å². The summed E-state index contributed by atoms with van der Waals surface area (Å²) >= 11 is 0. The van der Waals surface area contributed by atoms with Crippen LogP contribution in [0.1, 0.15) is 170 Å². The summed E-state index contributed by atoms with van der Waals surface area (Å²) in [5.74, 6) is 0.0710. The zero-order chi connectivity index (χ0) is 72.1. The molecule has 5 fully saturated rings. The lowest BCUT2D eigenvalue weighted by atomic mass is 9.85. The summed E-state index contributed by atoms with van der Waals surface area (Å²) in [7, 11) is -3.25. The maximum atomic E-state index is 13.6. The van der Waals surface area contributed by atoms with E-state index >= 15 is 0 Å². The first kappa shape index (κ1) is 72.0. The number of aryl methyl sites for hydroxylation is 1. The van der Waals surface area contributed by atoms with Crippen LogP contribution in [-0.2, 0) is 40.4 Å². The predicted octanol–water partition coefficient (Wildman–Crippen LogP) is 13.1. The number of nitrogens with one attached hydrogen (secondary N) is 3. The van der Waals surface area contributed by atoms with Crippen molar-refractivity contribution >= 4 is 44.2 Å². The van der Waals surface area contributed by atoms with Crippen molar-refractivity contribution in [3.8, 4) is 33.4 Å². The summed E-state index contributed by atoms with van der Waals surface area (Å²) in [6, 6.07) is 3.03. The summed E-state index contributed by atoms with van der Waals surface area (Å²) in [6.45, 7) is 6.38. The molecule has 3 saturated carbocycles. The van der Waals surface area contributed by atoms with E-state index in [0.717, 1.165) is 83.3 Å². The van der Waals surface area contributed by atoms with Crippen LogP contribution in [-0.4, -0.2) is 181 Å². The highest BCUT2D eigenvalue weighted by Crippen LogP contribution is 2.44. The van der Waals surface area contributed by atoms with Crippen LogP contribution in [0.4, 0.5) is 57.4 Å². The number of aromatic nitrogens is 15. The molecule has 0 bridgehead atoms. The third-order valence-corrected chi connectivity index (χ3v) is 21.4. The van der Waals surface area contributed by atoms with E-state index in [-0.39, 0.29) is 84.4 Å². The number of anilines is 3. The number of sulfone groups is 1. The largest absolute Gasteiger partial charge is 0.391 e. The summed E-state index contributed by atoms with van der Waals surface area (Å²) in [4.78, 5) is 25.8. The minimum absolute atomic E-state index is 0.0207. The number of fused-ring (bicyclic) bond motifs is 3. The molecule has 3 aliphatic carbocycles. The molecule has 0 amide bonds. The number of rotatable bonds is 25. The highest BCUT2D eigenvalue weighted by Gasteiger charge is 2.39. The van der Waals surface area contributed by atoms with Gasteiger partial charge in [-0.25, -0.2) is 46.7 Å². The van der Waals surface area contributed by atoms with Crippen LogP contribution in [0.25, 0.3) is 49.9 Å². The van der Waals surface area contributed by atoms with Gasteiger partial charge < -0.3 is 30.2 Å². The van der Waals surface area contributed by atoms with E-state index in [1.807, 2.05) is 38.5 Å². The SMILES string of the molecule is C[C@@H](CC(F)(F)F)Nc1ncc2c(-c3cnn(CCS(C)(=O)=O)c3)cc(C3CCC(OOC4CCC(c5cc(-c6cnn([C@H]7COCC7OC7CCC(c8cc(-c9cnn([C@H]%10CCOC%10)c9)c9cnc(N[C@@H](C)CC(F)(F)F)nn89)CC7)c6)c6cnc(N[C@@H](C)CC(F)(F)F)nn56)CC4)CC3)n2n1. The van der Waals surface area contributed by atoms with Crippen LogP contribution in [0.5, 0.6) is 0 Å². The molecular weight excluding hydrogens is 1380 g/mol. The third-order valence-electron chi connectivity index (χ3n) is 20.4. The summed E-state index contributed by atoms with van der Waals surface area (Å²) in [6.07, 6.45) is 8.73. The van der Waals surface area contributed by atoms with E-state index in [1.165, 1.54) is 20.8 Å². The Kier molecular flexibility index (Phi) is 20.6. The van der Waals surface area contributed by atoms with Crippen molar-refractivity contribution in [3.05, 3.63) is 91.1 Å². The van der Waals surface area contributed by atoms with Gasteiger partial charge in [0, 0.05) is 118 Å². The van der Waals surface area contributed by atoms with Crippen molar-refractivity contribution in [2.75, 3.05) is 54.4 Å². The third kappa shape index (κ3) is 17.2. The number of hydrogen-bond donors (Lipinski definition) is 3. The second-order valence-electron chi connectivity index (χ2n) is 28.6. The molecule has 2 aliphatic heterocycles. The lowest BCUT2D eigenvalue weighted by Gasteiger charge is -2.31. The zero-order valence-electron chi connectivity index (χ0n) is 57.3. The fourth-order valence-corrected chi connectivity index (χ4v) is 15.8. The molecule has 11 heterocycles. The Labute approximate surface area is 586 Å². The Morgan fingerprint density at radius 1 is 0.505 bits per heavy atom. The molecule has 9 aromatic rings. The van der Waals surface area contributed by atoms with Gasteiger partial charge in [0.25, 0.3) is 0 Å². The quantitative estimate of drug-likeness (QED) is 0.0273. The van der Waals surface area contributed by atoms with Crippen LogP contribution in [0.15, 0.2) is 74.0 Å². The summed E-state index contributed by atoms with van der Waals surface area (Å²) in [5, 5.41) is 36.7. The molecule has 3 N–H and O–H groups in total. The molecule has 5 aliphatic rings. The second-order valence-corrected chi connectivity index (χ2v) is 30.9. The first-order valence-electron chi connectivity index (χ1n) is 35.2. The van der Waals surface area contributed by atoms with Crippen LogP contribution < -0.4 is 16.0 Å². The molecule has 6 atom stereocenters. The van der Waals surface area contributed by atoms with Gasteiger partial charge in [-0.15, -0.1) is 15.3 Å². The first-order valence-corrected chi connectivity index (χ1v) is 37.3. The number of nitrogens with zero attached hydrogens (tertiary/aromatic N) is 15. The topological polar surface area (TPSA) is 260 Å². The minimum atomic E-state index is -4.41. The molecule has 0 radical (unpaired) electrons. The van der Waals surface area contributed by atoms with E-state index in [0.29, 0.717) is 99.9 Å². The van der Waals surface area contributed by atoms with Gasteiger partial charge >= 0.3 is 18.5 Å².